The zero-order valence-corrected chi connectivity index (χ0v) is 21.3. The second-order valence-electron chi connectivity index (χ2n) is 9.52. The minimum absolute atomic E-state index is 0.279. The van der Waals surface area contributed by atoms with E-state index in [4.69, 9.17) is 21.1 Å². The first-order valence-corrected chi connectivity index (χ1v) is 11.7. The number of carbonyl (C=O) groups is 1. The standard InChI is InChI=1S/C26H31ClN4O3/c1-16-13-18(14-22(33-6)23(16)27)30(5)21-7-10-28-24-19(21)15-20(29-24)17-8-11-31(12-9-17)25(32)34-26(2,3)4/h7-8,10,13-15H,9,11-12H2,1-6H3,(H,28,29). The maximum Gasteiger partial charge on any atom is 0.410 e. The number of aryl methyl sites for hydroxylation is 1. The Kier molecular flexibility index (Phi) is 6.49. The number of hydrogen-bond acceptors (Lipinski definition) is 5. The first kappa shape index (κ1) is 24.0. The van der Waals surface area contributed by atoms with Crippen molar-refractivity contribution in [3.8, 4) is 5.75 Å². The van der Waals surface area contributed by atoms with E-state index in [1.54, 1.807) is 18.2 Å². The molecule has 0 aliphatic carbocycles. The van der Waals surface area contributed by atoms with Crippen molar-refractivity contribution in [3.05, 3.63) is 52.8 Å². The van der Waals surface area contributed by atoms with Crippen molar-refractivity contribution >= 4 is 45.7 Å². The van der Waals surface area contributed by atoms with Crippen LogP contribution in [0.15, 0.2) is 36.5 Å². The molecule has 0 saturated carbocycles. The predicted molar refractivity (Wildman–Crippen MR) is 137 cm³/mol. The highest BCUT2D eigenvalue weighted by atomic mass is 35.5. The van der Waals surface area contributed by atoms with Gasteiger partial charge in [0.1, 0.15) is 17.0 Å². The lowest BCUT2D eigenvalue weighted by molar-refractivity contribution is 0.0270. The summed E-state index contributed by atoms with van der Waals surface area (Å²) in [4.78, 5) is 24.2. The van der Waals surface area contributed by atoms with Crippen LogP contribution in [0.25, 0.3) is 16.6 Å². The van der Waals surface area contributed by atoms with E-state index in [0.717, 1.165) is 45.7 Å². The Bertz CT molecular complexity index is 1260. The molecule has 1 amide bonds. The monoisotopic (exact) mass is 482 g/mol. The minimum Gasteiger partial charge on any atom is -0.495 e. The van der Waals surface area contributed by atoms with Gasteiger partial charge in [0.15, 0.2) is 0 Å². The fourth-order valence-corrected chi connectivity index (χ4v) is 4.27. The molecular formula is C26H31ClN4O3. The van der Waals surface area contributed by atoms with Gasteiger partial charge in [0.05, 0.1) is 17.8 Å². The molecular weight excluding hydrogens is 452 g/mol. The SMILES string of the molecule is COc1cc(N(C)c2ccnc3[nH]c(C4=CCN(C(=O)OC(C)(C)C)CC4)cc23)cc(C)c1Cl. The van der Waals surface area contributed by atoms with Gasteiger partial charge in [-0.25, -0.2) is 9.78 Å². The number of carbonyl (C=O) groups excluding carboxylic acids is 1. The summed E-state index contributed by atoms with van der Waals surface area (Å²) >= 11 is 6.36. The van der Waals surface area contributed by atoms with Crippen LogP contribution >= 0.6 is 11.6 Å². The number of aromatic nitrogens is 2. The third-order valence-electron chi connectivity index (χ3n) is 5.89. The molecule has 0 fully saturated rings. The molecule has 7 nitrogen and oxygen atoms in total. The molecule has 8 heteroatoms. The largest absolute Gasteiger partial charge is 0.495 e. The zero-order chi connectivity index (χ0) is 24.6. The molecule has 3 heterocycles. The van der Waals surface area contributed by atoms with Gasteiger partial charge in [0, 0.05) is 49.2 Å². The second-order valence-corrected chi connectivity index (χ2v) is 9.90. The molecule has 1 aliphatic rings. The lowest BCUT2D eigenvalue weighted by Gasteiger charge is -2.29. The van der Waals surface area contributed by atoms with Crippen LogP contribution in [-0.4, -0.2) is 53.8 Å². The van der Waals surface area contributed by atoms with Crippen molar-refractivity contribution in [1.29, 1.82) is 0 Å². The summed E-state index contributed by atoms with van der Waals surface area (Å²) in [6, 6.07) is 8.10. The first-order valence-electron chi connectivity index (χ1n) is 11.3. The number of anilines is 2. The maximum absolute atomic E-state index is 12.4. The number of rotatable bonds is 4. The summed E-state index contributed by atoms with van der Waals surface area (Å²) in [5.74, 6) is 0.644. The van der Waals surface area contributed by atoms with Gasteiger partial charge >= 0.3 is 6.09 Å². The molecule has 1 aromatic carbocycles. The Balaban J connectivity index is 1.61. The van der Waals surface area contributed by atoms with E-state index in [1.165, 1.54) is 0 Å². The van der Waals surface area contributed by atoms with Gasteiger partial charge in [-0.2, -0.15) is 0 Å². The molecule has 4 rings (SSSR count). The van der Waals surface area contributed by atoms with Crippen LogP contribution < -0.4 is 9.64 Å². The van der Waals surface area contributed by atoms with E-state index in [1.807, 2.05) is 52.9 Å². The van der Waals surface area contributed by atoms with E-state index in [2.05, 4.69) is 27.0 Å². The number of ether oxygens (including phenoxy) is 2. The third kappa shape index (κ3) is 4.85. The van der Waals surface area contributed by atoms with Crippen LogP contribution in [0.1, 0.15) is 38.4 Å². The molecule has 34 heavy (non-hydrogen) atoms. The Morgan fingerprint density at radius 1 is 1.26 bits per heavy atom. The Morgan fingerprint density at radius 2 is 2.03 bits per heavy atom. The average molecular weight is 483 g/mol. The normalized spacial score (nSPS) is 14.2. The number of fused-ring (bicyclic) bond motifs is 1. The van der Waals surface area contributed by atoms with E-state index < -0.39 is 5.60 Å². The topological polar surface area (TPSA) is 70.7 Å². The summed E-state index contributed by atoms with van der Waals surface area (Å²) in [7, 11) is 3.64. The number of amides is 1. The highest BCUT2D eigenvalue weighted by molar-refractivity contribution is 6.33. The van der Waals surface area contributed by atoms with Crippen LogP contribution in [0, 0.1) is 6.92 Å². The van der Waals surface area contributed by atoms with Gasteiger partial charge in [0.25, 0.3) is 0 Å². The number of H-pyrrole nitrogens is 1. The van der Waals surface area contributed by atoms with Crippen molar-refractivity contribution in [2.24, 2.45) is 0 Å². The summed E-state index contributed by atoms with van der Waals surface area (Å²) in [6.07, 6.45) is 4.34. The molecule has 0 atom stereocenters. The van der Waals surface area contributed by atoms with Crippen molar-refractivity contribution < 1.29 is 14.3 Å². The maximum atomic E-state index is 12.4. The van der Waals surface area contributed by atoms with Gasteiger partial charge in [-0.3, -0.25) is 0 Å². The molecule has 3 aromatic rings. The number of hydrogen-bond donors (Lipinski definition) is 1. The Morgan fingerprint density at radius 3 is 2.68 bits per heavy atom. The van der Waals surface area contributed by atoms with Gasteiger partial charge < -0.3 is 24.3 Å². The summed E-state index contributed by atoms with van der Waals surface area (Å²) < 4.78 is 11.0. The number of halogens is 1. The van der Waals surface area contributed by atoms with Crippen LogP contribution in [-0.2, 0) is 4.74 Å². The number of aromatic amines is 1. The summed E-state index contributed by atoms with van der Waals surface area (Å²) in [5.41, 5.74) is 5.42. The van der Waals surface area contributed by atoms with Crippen molar-refractivity contribution in [3.63, 3.8) is 0 Å². The lowest BCUT2D eigenvalue weighted by atomic mass is 10.0. The van der Waals surface area contributed by atoms with Gasteiger partial charge in [-0.15, -0.1) is 0 Å². The van der Waals surface area contributed by atoms with Crippen LogP contribution in [0.2, 0.25) is 5.02 Å². The molecule has 0 spiro atoms. The highest BCUT2D eigenvalue weighted by Gasteiger charge is 2.24. The minimum atomic E-state index is -0.501. The van der Waals surface area contributed by atoms with Crippen molar-refractivity contribution in [2.45, 2.75) is 39.7 Å². The van der Waals surface area contributed by atoms with Gasteiger partial charge in [0.2, 0.25) is 0 Å². The van der Waals surface area contributed by atoms with E-state index in [0.29, 0.717) is 23.9 Å². The molecule has 0 saturated heterocycles. The van der Waals surface area contributed by atoms with Crippen LogP contribution in [0.5, 0.6) is 5.75 Å². The van der Waals surface area contributed by atoms with Gasteiger partial charge in [-0.05, 0) is 63.5 Å². The predicted octanol–water partition coefficient (Wildman–Crippen LogP) is 6.33. The number of benzene rings is 1. The van der Waals surface area contributed by atoms with E-state index >= 15 is 0 Å². The number of nitrogens with one attached hydrogen (secondary N) is 1. The van der Waals surface area contributed by atoms with E-state index in [9.17, 15) is 4.79 Å². The van der Waals surface area contributed by atoms with Crippen LogP contribution in [0.4, 0.5) is 16.2 Å². The number of methoxy groups -OCH3 is 1. The van der Waals surface area contributed by atoms with Crippen molar-refractivity contribution in [2.75, 3.05) is 32.1 Å². The molecule has 180 valence electrons. The zero-order valence-electron chi connectivity index (χ0n) is 20.5. The molecule has 1 aliphatic heterocycles. The number of pyridine rings is 1. The summed E-state index contributed by atoms with van der Waals surface area (Å²) in [5, 5.41) is 1.63. The first-order chi connectivity index (χ1) is 16.1. The van der Waals surface area contributed by atoms with Crippen LogP contribution in [0.3, 0.4) is 0 Å². The third-order valence-corrected chi connectivity index (χ3v) is 6.37. The fraction of sp³-hybridized carbons (Fsp3) is 0.385. The number of nitrogens with zero attached hydrogens (tertiary/aromatic N) is 3. The average Bonchev–Trinajstić information content (AvgIpc) is 3.24. The molecule has 2 aromatic heterocycles. The van der Waals surface area contributed by atoms with Crippen molar-refractivity contribution in [1.82, 2.24) is 14.9 Å². The lowest BCUT2D eigenvalue weighted by Crippen LogP contribution is -2.39. The Hall–Kier alpha value is -3.19. The smallest absolute Gasteiger partial charge is 0.410 e. The fourth-order valence-electron chi connectivity index (χ4n) is 4.08. The van der Waals surface area contributed by atoms with Gasteiger partial charge in [-0.1, -0.05) is 17.7 Å². The molecule has 0 bridgehead atoms. The molecule has 0 unspecified atom stereocenters. The molecule has 1 N–H and O–H groups in total. The molecule has 0 radical (unpaired) electrons. The highest BCUT2D eigenvalue weighted by Crippen LogP contribution is 2.38. The Labute approximate surface area is 205 Å². The quantitative estimate of drug-likeness (QED) is 0.470. The second kappa shape index (κ2) is 9.22. The summed E-state index contributed by atoms with van der Waals surface area (Å²) in [6.45, 7) is 8.73. The van der Waals surface area contributed by atoms with E-state index in [-0.39, 0.29) is 6.09 Å².